The van der Waals surface area contributed by atoms with E-state index in [1.165, 1.54) is 0 Å². The van der Waals surface area contributed by atoms with E-state index in [0.29, 0.717) is 10.0 Å². The summed E-state index contributed by atoms with van der Waals surface area (Å²) in [5.74, 6) is -2.19. The van der Waals surface area contributed by atoms with Crippen LogP contribution in [-0.4, -0.2) is 24.0 Å². The van der Waals surface area contributed by atoms with E-state index in [4.69, 9.17) is 0 Å². The lowest BCUT2D eigenvalue weighted by Crippen LogP contribution is -2.13. The summed E-state index contributed by atoms with van der Waals surface area (Å²) in [6.07, 6.45) is 0.848. The van der Waals surface area contributed by atoms with Gasteiger partial charge in [-0.05, 0) is 37.1 Å². The first-order valence-corrected chi connectivity index (χ1v) is 5.96. The summed E-state index contributed by atoms with van der Waals surface area (Å²) >= 11 is 3.30. The Balaban J connectivity index is 3.15. The Morgan fingerprint density at radius 2 is 1.83 bits per heavy atom. The standard InChI is InChI=1S/C13H13BrO4/c1-7-4-9(10(14)5-8(7)2)11(15)6-12(16)13(17)18-3/h4-6,15H,1-3H3/b11-6-. The van der Waals surface area contributed by atoms with Crippen molar-refractivity contribution >= 4 is 33.4 Å². The van der Waals surface area contributed by atoms with Crippen LogP contribution in [0.15, 0.2) is 22.7 Å². The van der Waals surface area contributed by atoms with E-state index in [0.717, 1.165) is 24.3 Å². The van der Waals surface area contributed by atoms with Crippen molar-refractivity contribution in [2.75, 3.05) is 7.11 Å². The molecule has 0 saturated carbocycles. The molecule has 0 bridgehead atoms. The zero-order chi connectivity index (χ0) is 13.9. The van der Waals surface area contributed by atoms with Crippen LogP contribution in [0.3, 0.4) is 0 Å². The van der Waals surface area contributed by atoms with Gasteiger partial charge in [-0.1, -0.05) is 15.9 Å². The molecule has 0 radical (unpaired) electrons. The molecule has 1 aromatic rings. The van der Waals surface area contributed by atoms with Gasteiger partial charge in [0.05, 0.1) is 7.11 Å². The summed E-state index contributed by atoms with van der Waals surface area (Å²) in [5.41, 5.74) is 2.48. The maximum Gasteiger partial charge on any atom is 0.378 e. The lowest BCUT2D eigenvalue weighted by Gasteiger charge is -2.07. The monoisotopic (exact) mass is 312 g/mol. The number of methoxy groups -OCH3 is 1. The third-order valence-electron chi connectivity index (χ3n) is 2.51. The number of benzene rings is 1. The second-order valence-electron chi connectivity index (χ2n) is 3.80. The van der Waals surface area contributed by atoms with E-state index in [1.54, 1.807) is 6.07 Å². The highest BCUT2D eigenvalue weighted by molar-refractivity contribution is 9.10. The largest absolute Gasteiger partial charge is 0.507 e. The van der Waals surface area contributed by atoms with Gasteiger partial charge >= 0.3 is 5.97 Å². The summed E-state index contributed by atoms with van der Waals surface area (Å²) in [6.45, 7) is 3.82. The maximum absolute atomic E-state index is 11.3. The Bertz CT molecular complexity index is 532. The minimum absolute atomic E-state index is 0.277. The van der Waals surface area contributed by atoms with Gasteiger partial charge in [0.25, 0.3) is 5.78 Å². The van der Waals surface area contributed by atoms with Crippen molar-refractivity contribution in [2.45, 2.75) is 13.8 Å². The molecule has 0 unspecified atom stereocenters. The molecule has 0 aromatic heterocycles. The van der Waals surface area contributed by atoms with Gasteiger partial charge in [-0.3, -0.25) is 4.79 Å². The van der Waals surface area contributed by atoms with Crippen molar-refractivity contribution in [1.29, 1.82) is 0 Å². The van der Waals surface area contributed by atoms with Gasteiger partial charge in [-0.2, -0.15) is 0 Å². The van der Waals surface area contributed by atoms with E-state index in [-0.39, 0.29) is 5.76 Å². The van der Waals surface area contributed by atoms with E-state index < -0.39 is 11.8 Å². The number of rotatable bonds is 3. The Hall–Kier alpha value is -1.62. The van der Waals surface area contributed by atoms with Gasteiger partial charge in [-0.15, -0.1) is 0 Å². The molecule has 0 aliphatic rings. The fraction of sp³-hybridized carbons (Fsp3) is 0.231. The number of hydrogen-bond acceptors (Lipinski definition) is 4. The number of aryl methyl sites for hydroxylation is 2. The molecule has 0 aliphatic carbocycles. The summed E-state index contributed by atoms with van der Waals surface area (Å²) in [4.78, 5) is 22.2. The highest BCUT2D eigenvalue weighted by Gasteiger charge is 2.14. The van der Waals surface area contributed by atoms with E-state index >= 15 is 0 Å². The maximum atomic E-state index is 11.3. The molecule has 5 heteroatoms. The number of carbonyl (C=O) groups excluding carboxylic acids is 2. The average Bonchev–Trinajstić information content (AvgIpc) is 2.32. The molecule has 1 rings (SSSR count). The molecule has 96 valence electrons. The number of ether oxygens (including phenoxy) is 1. The highest BCUT2D eigenvalue weighted by atomic mass is 79.9. The predicted octanol–water partition coefficient (Wildman–Crippen LogP) is 2.71. The van der Waals surface area contributed by atoms with Crippen molar-refractivity contribution in [2.24, 2.45) is 0 Å². The SMILES string of the molecule is COC(=O)C(=O)/C=C(\O)c1cc(C)c(C)cc1Br. The molecular formula is C13H13BrO4. The predicted molar refractivity (Wildman–Crippen MR) is 71.2 cm³/mol. The number of aliphatic hydroxyl groups excluding tert-OH is 1. The molecule has 1 aromatic carbocycles. The number of ketones is 1. The molecule has 18 heavy (non-hydrogen) atoms. The van der Waals surface area contributed by atoms with Gasteiger partial charge in [0.2, 0.25) is 0 Å². The van der Waals surface area contributed by atoms with Gasteiger partial charge < -0.3 is 9.84 Å². The minimum atomic E-state index is -1.01. The highest BCUT2D eigenvalue weighted by Crippen LogP contribution is 2.26. The number of hydrogen-bond donors (Lipinski definition) is 1. The smallest absolute Gasteiger partial charge is 0.378 e. The molecule has 1 N–H and O–H groups in total. The second-order valence-corrected chi connectivity index (χ2v) is 4.66. The molecular weight excluding hydrogens is 300 g/mol. The third kappa shape index (κ3) is 3.20. The Morgan fingerprint density at radius 1 is 1.28 bits per heavy atom. The van der Waals surface area contributed by atoms with Crippen molar-refractivity contribution in [1.82, 2.24) is 0 Å². The zero-order valence-corrected chi connectivity index (χ0v) is 11.9. The van der Waals surface area contributed by atoms with Crippen LogP contribution in [0.4, 0.5) is 0 Å². The Morgan fingerprint density at radius 3 is 2.39 bits per heavy atom. The van der Waals surface area contributed by atoms with E-state index in [1.807, 2.05) is 19.9 Å². The van der Waals surface area contributed by atoms with Gasteiger partial charge in [-0.25, -0.2) is 4.79 Å². The topological polar surface area (TPSA) is 63.6 Å². The van der Waals surface area contributed by atoms with Crippen molar-refractivity contribution < 1.29 is 19.4 Å². The summed E-state index contributed by atoms with van der Waals surface area (Å²) in [5, 5.41) is 9.83. The van der Waals surface area contributed by atoms with Crippen LogP contribution in [-0.2, 0) is 14.3 Å². The van der Waals surface area contributed by atoms with Gasteiger partial charge in [0, 0.05) is 16.1 Å². The summed E-state index contributed by atoms with van der Waals surface area (Å²) < 4.78 is 4.92. The first kappa shape index (κ1) is 14.4. The van der Waals surface area contributed by atoms with Crippen molar-refractivity contribution in [3.8, 4) is 0 Å². The van der Waals surface area contributed by atoms with Crippen molar-refractivity contribution in [3.63, 3.8) is 0 Å². The van der Waals surface area contributed by atoms with Crippen LogP contribution in [0.25, 0.3) is 5.76 Å². The lowest BCUT2D eigenvalue weighted by molar-refractivity contribution is -0.149. The summed E-state index contributed by atoms with van der Waals surface area (Å²) in [6, 6.07) is 3.56. The van der Waals surface area contributed by atoms with E-state index in [2.05, 4.69) is 20.7 Å². The molecule has 0 fully saturated rings. The number of halogens is 1. The normalized spacial score (nSPS) is 11.2. The number of aliphatic hydroxyl groups is 1. The summed E-state index contributed by atoms with van der Waals surface area (Å²) in [7, 11) is 1.11. The van der Waals surface area contributed by atoms with Crippen LogP contribution in [0.1, 0.15) is 16.7 Å². The van der Waals surface area contributed by atoms with Crippen LogP contribution in [0, 0.1) is 13.8 Å². The molecule has 0 atom stereocenters. The Labute approximate surface area is 113 Å². The van der Waals surface area contributed by atoms with Crippen LogP contribution < -0.4 is 0 Å². The lowest BCUT2D eigenvalue weighted by atomic mass is 10.0. The molecule has 0 spiro atoms. The first-order chi connectivity index (χ1) is 8.36. The first-order valence-electron chi connectivity index (χ1n) is 5.17. The van der Waals surface area contributed by atoms with Crippen LogP contribution in [0.2, 0.25) is 0 Å². The van der Waals surface area contributed by atoms with Crippen molar-refractivity contribution in [3.05, 3.63) is 39.4 Å². The van der Waals surface area contributed by atoms with Crippen LogP contribution >= 0.6 is 15.9 Å². The molecule has 0 aliphatic heterocycles. The third-order valence-corrected chi connectivity index (χ3v) is 3.17. The zero-order valence-electron chi connectivity index (χ0n) is 10.3. The van der Waals surface area contributed by atoms with Gasteiger partial charge in [0.15, 0.2) is 0 Å². The van der Waals surface area contributed by atoms with Gasteiger partial charge in [0.1, 0.15) is 5.76 Å². The fourth-order valence-corrected chi connectivity index (χ4v) is 2.00. The average molecular weight is 313 g/mol. The minimum Gasteiger partial charge on any atom is -0.507 e. The molecule has 0 amide bonds. The Kier molecular flexibility index (Phi) is 4.67. The quantitative estimate of drug-likeness (QED) is 0.403. The molecule has 0 saturated heterocycles. The second kappa shape index (κ2) is 5.82. The van der Waals surface area contributed by atoms with Crippen LogP contribution in [0.5, 0.6) is 0 Å². The van der Waals surface area contributed by atoms with E-state index in [9.17, 15) is 14.7 Å². The fourth-order valence-electron chi connectivity index (χ4n) is 1.34. The molecule has 0 heterocycles. The molecule has 4 nitrogen and oxygen atoms in total. The number of esters is 1. The number of carbonyl (C=O) groups is 2.